The van der Waals surface area contributed by atoms with Gasteiger partial charge in [0.25, 0.3) is 0 Å². The summed E-state index contributed by atoms with van der Waals surface area (Å²) in [4.78, 5) is 12.2. The van der Waals surface area contributed by atoms with E-state index in [1.54, 1.807) is 0 Å². The molecule has 0 bridgehead atoms. The van der Waals surface area contributed by atoms with Crippen LogP contribution in [0.5, 0.6) is 0 Å². The second-order valence-electron chi connectivity index (χ2n) is 7.67. The largest absolute Gasteiger partial charge is 0.460 e. The van der Waals surface area contributed by atoms with E-state index < -0.39 is 5.60 Å². The Morgan fingerprint density at radius 3 is 2.14 bits per heavy atom. The van der Waals surface area contributed by atoms with E-state index in [0.29, 0.717) is 12.3 Å². The zero-order valence-electron chi connectivity index (χ0n) is 14.0. The number of benzene rings is 1. The summed E-state index contributed by atoms with van der Waals surface area (Å²) in [6.07, 6.45) is 3.89. The van der Waals surface area contributed by atoms with Gasteiger partial charge in [-0.2, -0.15) is 0 Å². The van der Waals surface area contributed by atoms with Crippen molar-refractivity contribution in [3.63, 3.8) is 0 Å². The molecule has 0 atom stereocenters. The molecule has 2 rings (SSSR count). The van der Waals surface area contributed by atoms with Gasteiger partial charge < -0.3 is 4.74 Å². The van der Waals surface area contributed by atoms with Crippen LogP contribution in [0.25, 0.3) is 0 Å². The lowest BCUT2D eigenvalue weighted by atomic mass is 9.62. The van der Waals surface area contributed by atoms with E-state index in [0.717, 1.165) is 12.8 Å². The van der Waals surface area contributed by atoms with Crippen molar-refractivity contribution in [2.45, 2.75) is 77.2 Å². The number of ether oxygens (including phenoxy) is 1. The van der Waals surface area contributed by atoms with Gasteiger partial charge in [0, 0.05) is 5.41 Å². The standard InChI is InChI=1S/C19H28O2/c1-14(2)15-7-9-16(10-8-15)19(11-6-12-19)13-17(20)21-18(3,4)5/h7-10,14H,6,11-13H2,1-5H3. The highest BCUT2D eigenvalue weighted by molar-refractivity contribution is 5.72. The summed E-state index contributed by atoms with van der Waals surface area (Å²) in [5.74, 6) is 0.470. The van der Waals surface area contributed by atoms with Crippen molar-refractivity contribution >= 4 is 5.97 Å². The molecule has 0 amide bonds. The van der Waals surface area contributed by atoms with E-state index in [9.17, 15) is 4.79 Å². The number of hydrogen-bond donors (Lipinski definition) is 0. The van der Waals surface area contributed by atoms with E-state index in [1.807, 2.05) is 20.8 Å². The molecule has 0 radical (unpaired) electrons. The number of rotatable bonds is 4. The maximum absolute atomic E-state index is 12.2. The minimum Gasteiger partial charge on any atom is -0.460 e. The molecule has 0 saturated heterocycles. The Labute approximate surface area is 128 Å². The normalized spacial score (nSPS) is 17.4. The first kappa shape index (κ1) is 16.1. The molecule has 2 nitrogen and oxygen atoms in total. The van der Waals surface area contributed by atoms with Gasteiger partial charge in [0.2, 0.25) is 0 Å². The lowest BCUT2D eigenvalue weighted by Gasteiger charge is -2.42. The molecule has 1 aliphatic rings. The minimum absolute atomic E-state index is 0.0117. The third kappa shape index (κ3) is 3.87. The Morgan fingerprint density at radius 2 is 1.76 bits per heavy atom. The van der Waals surface area contributed by atoms with Gasteiger partial charge in [-0.15, -0.1) is 0 Å². The molecule has 0 N–H and O–H groups in total. The number of hydrogen-bond acceptors (Lipinski definition) is 2. The maximum atomic E-state index is 12.2. The molecular weight excluding hydrogens is 260 g/mol. The maximum Gasteiger partial charge on any atom is 0.307 e. The van der Waals surface area contributed by atoms with E-state index in [4.69, 9.17) is 4.74 Å². The van der Waals surface area contributed by atoms with Gasteiger partial charge in [-0.3, -0.25) is 4.79 Å². The third-order valence-corrected chi connectivity index (χ3v) is 4.40. The Kier molecular flexibility index (Phi) is 4.46. The molecule has 0 heterocycles. The Morgan fingerprint density at radius 1 is 1.19 bits per heavy atom. The minimum atomic E-state index is -0.399. The Bertz CT molecular complexity index is 487. The van der Waals surface area contributed by atoms with E-state index in [2.05, 4.69) is 38.1 Å². The molecule has 21 heavy (non-hydrogen) atoms. The highest BCUT2D eigenvalue weighted by atomic mass is 16.6. The van der Waals surface area contributed by atoms with Gasteiger partial charge in [-0.25, -0.2) is 0 Å². The molecule has 0 aromatic heterocycles. The van der Waals surface area contributed by atoms with Crippen LogP contribution in [0.1, 0.15) is 77.3 Å². The van der Waals surface area contributed by atoms with E-state index in [1.165, 1.54) is 17.5 Å². The van der Waals surface area contributed by atoms with Gasteiger partial charge >= 0.3 is 5.97 Å². The van der Waals surface area contributed by atoms with Crippen molar-refractivity contribution in [1.29, 1.82) is 0 Å². The monoisotopic (exact) mass is 288 g/mol. The highest BCUT2D eigenvalue weighted by Crippen LogP contribution is 2.47. The number of carbonyl (C=O) groups excluding carboxylic acids is 1. The van der Waals surface area contributed by atoms with Crippen LogP contribution in [-0.4, -0.2) is 11.6 Å². The quantitative estimate of drug-likeness (QED) is 0.732. The van der Waals surface area contributed by atoms with Gasteiger partial charge in [0.05, 0.1) is 6.42 Å². The summed E-state index contributed by atoms with van der Waals surface area (Å²) in [5.41, 5.74) is 2.26. The first-order valence-corrected chi connectivity index (χ1v) is 8.04. The van der Waals surface area contributed by atoms with Gasteiger partial charge in [-0.05, 0) is 50.7 Å². The van der Waals surface area contributed by atoms with Crippen molar-refractivity contribution in [3.8, 4) is 0 Å². The molecule has 2 heteroatoms. The molecule has 0 unspecified atom stereocenters. The van der Waals surface area contributed by atoms with Crippen LogP contribution in [0.3, 0.4) is 0 Å². The van der Waals surface area contributed by atoms with Gasteiger partial charge in [0.15, 0.2) is 0 Å². The van der Waals surface area contributed by atoms with Crippen LogP contribution in [0.15, 0.2) is 24.3 Å². The fourth-order valence-corrected chi connectivity index (χ4v) is 3.05. The predicted octanol–water partition coefficient (Wildman–Crippen LogP) is 4.96. The molecule has 1 saturated carbocycles. The molecule has 116 valence electrons. The Hall–Kier alpha value is -1.31. The SMILES string of the molecule is CC(C)c1ccc(C2(CC(=O)OC(C)(C)C)CCC2)cc1. The molecule has 0 aliphatic heterocycles. The zero-order chi connectivity index (χ0) is 15.7. The van der Waals surface area contributed by atoms with E-state index >= 15 is 0 Å². The van der Waals surface area contributed by atoms with Crippen LogP contribution in [0, 0.1) is 0 Å². The van der Waals surface area contributed by atoms with Crippen LogP contribution >= 0.6 is 0 Å². The van der Waals surface area contributed by atoms with Crippen molar-refractivity contribution in [2.24, 2.45) is 0 Å². The summed E-state index contributed by atoms with van der Waals surface area (Å²) in [6, 6.07) is 8.82. The smallest absolute Gasteiger partial charge is 0.307 e. The van der Waals surface area contributed by atoms with Crippen molar-refractivity contribution in [2.75, 3.05) is 0 Å². The highest BCUT2D eigenvalue weighted by Gasteiger charge is 2.41. The van der Waals surface area contributed by atoms with Crippen LogP contribution in [0.4, 0.5) is 0 Å². The number of esters is 1. The summed E-state index contributed by atoms with van der Waals surface area (Å²) in [6.45, 7) is 10.2. The van der Waals surface area contributed by atoms with Crippen LogP contribution < -0.4 is 0 Å². The molecule has 1 aromatic carbocycles. The predicted molar refractivity (Wildman–Crippen MR) is 86.5 cm³/mol. The molecule has 1 aromatic rings. The lowest BCUT2D eigenvalue weighted by Crippen LogP contribution is -2.38. The van der Waals surface area contributed by atoms with Gasteiger partial charge in [-0.1, -0.05) is 44.5 Å². The first-order chi connectivity index (χ1) is 9.72. The number of carbonyl (C=O) groups is 1. The summed E-state index contributed by atoms with van der Waals surface area (Å²) >= 11 is 0. The third-order valence-electron chi connectivity index (χ3n) is 4.40. The van der Waals surface area contributed by atoms with Gasteiger partial charge in [0.1, 0.15) is 5.60 Å². The van der Waals surface area contributed by atoms with Crippen molar-refractivity contribution < 1.29 is 9.53 Å². The molecule has 1 fully saturated rings. The Balaban J connectivity index is 2.12. The van der Waals surface area contributed by atoms with Crippen molar-refractivity contribution in [3.05, 3.63) is 35.4 Å². The molecule has 0 spiro atoms. The average molecular weight is 288 g/mol. The summed E-state index contributed by atoms with van der Waals surface area (Å²) in [7, 11) is 0. The van der Waals surface area contributed by atoms with Crippen molar-refractivity contribution in [1.82, 2.24) is 0 Å². The molecular formula is C19H28O2. The lowest BCUT2D eigenvalue weighted by molar-refractivity contribution is -0.157. The van der Waals surface area contributed by atoms with Crippen LogP contribution in [-0.2, 0) is 14.9 Å². The first-order valence-electron chi connectivity index (χ1n) is 8.04. The fourth-order valence-electron chi connectivity index (χ4n) is 3.05. The van der Waals surface area contributed by atoms with Crippen LogP contribution in [0.2, 0.25) is 0 Å². The van der Waals surface area contributed by atoms with E-state index in [-0.39, 0.29) is 11.4 Å². The topological polar surface area (TPSA) is 26.3 Å². The second kappa shape index (κ2) is 5.82. The average Bonchev–Trinajstić information content (AvgIpc) is 2.32. The molecule has 1 aliphatic carbocycles. The fraction of sp³-hybridized carbons (Fsp3) is 0.632. The summed E-state index contributed by atoms with van der Waals surface area (Å²) < 4.78 is 5.51. The zero-order valence-corrected chi connectivity index (χ0v) is 14.0. The second-order valence-corrected chi connectivity index (χ2v) is 7.67. The summed E-state index contributed by atoms with van der Waals surface area (Å²) in [5, 5.41) is 0.